The third kappa shape index (κ3) is 3.68. The molecule has 2 aromatic carbocycles. The molecular weight excluding hydrogens is 364 g/mol. The Morgan fingerprint density at radius 2 is 1.96 bits per heavy atom. The first-order valence-electron chi connectivity index (χ1n) is 8.35. The zero-order valence-corrected chi connectivity index (χ0v) is 15.4. The minimum atomic E-state index is -0.580. The Morgan fingerprint density at radius 3 is 2.78 bits per heavy atom. The Balaban J connectivity index is 1.41. The van der Waals surface area contributed by atoms with E-state index < -0.39 is 11.7 Å². The Labute approximate surface area is 158 Å². The van der Waals surface area contributed by atoms with Crippen molar-refractivity contribution in [2.24, 2.45) is 0 Å². The molecule has 0 saturated carbocycles. The van der Waals surface area contributed by atoms with Crippen LogP contribution in [-0.2, 0) is 22.7 Å². The lowest BCUT2D eigenvalue weighted by atomic mass is 10.2. The molecule has 0 saturated heterocycles. The van der Waals surface area contributed by atoms with E-state index in [1.54, 1.807) is 24.3 Å². The van der Waals surface area contributed by atoms with Gasteiger partial charge in [0.25, 0.3) is 0 Å². The minimum absolute atomic E-state index is 0.0612. The van der Waals surface area contributed by atoms with Crippen molar-refractivity contribution in [1.29, 1.82) is 0 Å². The molecule has 0 aliphatic heterocycles. The standard InChI is InChI=1S/C20H16N2O4S/c1-13-6-8-14(9-7-13)19-21-15(12-27-19)11-25-18(23)10-22-16-4-2-3-5-17(16)26-20(22)24/h2-9,12H,10-11H2,1H3. The number of aryl methyl sites for hydroxylation is 1. The number of hydrogen-bond acceptors (Lipinski definition) is 6. The van der Waals surface area contributed by atoms with Crippen molar-refractivity contribution in [2.45, 2.75) is 20.1 Å². The summed E-state index contributed by atoms with van der Waals surface area (Å²) < 4.78 is 11.7. The first-order valence-corrected chi connectivity index (χ1v) is 9.23. The van der Waals surface area contributed by atoms with Crippen molar-refractivity contribution in [3.05, 3.63) is 75.7 Å². The van der Waals surface area contributed by atoms with Gasteiger partial charge in [0.1, 0.15) is 18.2 Å². The van der Waals surface area contributed by atoms with E-state index in [2.05, 4.69) is 4.98 Å². The fraction of sp³-hybridized carbons (Fsp3) is 0.150. The molecule has 7 heteroatoms. The van der Waals surface area contributed by atoms with Gasteiger partial charge in [-0.15, -0.1) is 11.3 Å². The van der Waals surface area contributed by atoms with Crippen LogP contribution in [0.1, 0.15) is 11.3 Å². The lowest BCUT2D eigenvalue weighted by Crippen LogP contribution is -2.21. The molecule has 4 rings (SSSR count). The lowest BCUT2D eigenvalue weighted by Gasteiger charge is -2.03. The summed E-state index contributed by atoms with van der Waals surface area (Å²) in [5, 5.41) is 2.74. The van der Waals surface area contributed by atoms with Gasteiger partial charge in [-0.1, -0.05) is 42.0 Å². The Kier molecular flexibility index (Phi) is 4.60. The molecule has 0 N–H and O–H groups in total. The molecule has 0 aliphatic rings. The summed E-state index contributed by atoms with van der Waals surface area (Å²) in [6.07, 6.45) is 0. The molecule has 136 valence electrons. The van der Waals surface area contributed by atoms with Crippen molar-refractivity contribution < 1.29 is 13.9 Å². The van der Waals surface area contributed by atoms with Crippen molar-refractivity contribution in [3.8, 4) is 10.6 Å². The average molecular weight is 380 g/mol. The van der Waals surface area contributed by atoms with Gasteiger partial charge in [-0.3, -0.25) is 9.36 Å². The Bertz CT molecular complexity index is 1150. The number of carbonyl (C=O) groups excluding carboxylic acids is 1. The molecule has 27 heavy (non-hydrogen) atoms. The topological polar surface area (TPSA) is 74.3 Å². The van der Waals surface area contributed by atoms with Crippen LogP contribution in [0.2, 0.25) is 0 Å². The third-order valence-electron chi connectivity index (χ3n) is 4.09. The van der Waals surface area contributed by atoms with Crippen LogP contribution in [0.5, 0.6) is 0 Å². The number of para-hydroxylation sites is 2. The summed E-state index contributed by atoms with van der Waals surface area (Å²) in [4.78, 5) is 28.6. The van der Waals surface area contributed by atoms with Crippen LogP contribution in [0.25, 0.3) is 21.7 Å². The first-order chi connectivity index (χ1) is 13.1. The van der Waals surface area contributed by atoms with E-state index in [0.717, 1.165) is 10.6 Å². The largest absolute Gasteiger partial charge is 0.458 e. The molecule has 0 unspecified atom stereocenters. The second-order valence-electron chi connectivity index (χ2n) is 6.09. The number of ether oxygens (including phenoxy) is 1. The predicted molar refractivity (Wildman–Crippen MR) is 103 cm³/mol. The number of esters is 1. The number of rotatable bonds is 5. The Hall–Kier alpha value is -3.19. The van der Waals surface area contributed by atoms with Crippen LogP contribution in [0.15, 0.2) is 63.1 Å². The Morgan fingerprint density at radius 1 is 1.19 bits per heavy atom. The quantitative estimate of drug-likeness (QED) is 0.493. The zero-order chi connectivity index (χ0) is 18.8. The summed E-state index contributed by atoms with van der Waals surface area (Å²) in [5.74, 6) is -1.10. The van der Waals surface area contributed by atoms with Gasteiger partial charge in [-0.05, 0) is 19.1 Å². The summed E-state index contributed by atoms with van der Waals surface area (Å²) in [6.45, 7) is 1.89. The van der Waals surface area contributed by atoms with Crippen molar-refractivity contribution >= 4 is 28.4 Å². The molecule has 0 aliphatic carbocycles. The number of hydrogen-bond donors (Lipinski definition) is 0. The van der Waals surface area contributed by atoms with Crippen LogP contribution in [-0.4, -0.2) is 15.5 Å². The van der Waals surface area contributed by atoms with E-state index in [-0.39, 0.29) is 13.2 Å². The van der Waals surface area contributed by atoms with Crippen molar-refractivity contribution in [1.82, 2.24) is 9.55 Å². The summed E-state index contributed by atoms with van der Waals surface area (Å²) >= 11 is 1.50. The molecule has 0 spiro atoms. The third-order valence-corrected chi connectivity index (χ3v) is 5.03. The molecule has 0 fully saturated rings. The van der Waals surface area contributed by atoms with E-state index in [9.17, 15) is 9.59 Å². The molecule has 0 amide bonds. The van der Waals surface area contributed by atoms with Crippen molar-refractivity contribution in [2.75, 3.05) is 0 Å². The molecular formula is C20H16N2O4S. The van der Waals surface area contributed by atoms with Gasteiger partial charge < -0.3 is 9.15 Å². The van der Waals surface area contributed by atoms with Crippen LogP contribution in [0, 0.1) is 6.92 Å². The highest BCUT2D eigenvalue weighted by molar-refractivity contribution is 7.13. The van der Waals surface area contributed by atoms with Crippen LogP contribution in [0.4, 0.5) is 0 Å². The maximum atomic E-state index is 12.1. The van der Waals surface area contributed by atoms with Gasteiger partial charge in [0, 0.05) is 10.9 Å². The van der Waals surface area contributed by atoms with E-state index >= 15 is 0 Å². The van der Waals surface area contributed by atoms with Gasteiger partial charge in [-0.25, -0.2) is 9.78 Å². The van der Waals surface area contributed by atoms with Crippen LogP contribution >= 0.6 is 11.3 Å². The number of nitrogens with zero attached hydrogens (tertiary/aromatic N) is 2. The minimum Gasteiger partial charge on any atom is -0.458 e. The number of carbonyl (C=O) groups is 1. The summed E-state index contributed by atoms with van der Waals surface area (Å²) in [7, 11) is 0. The summed E-state index contributed by atoms with van der Waals surface area (Å²) in [5.41, 5.74) is 3.90. The van der Waals surface area contributed by atoms with E-state index in [1.165, 1.54) is 21.5 Å². The van der Waals surface area contributed by atoms with Crippen molar-refractivity contribution in [3.63, 3.8) is 0 Å². The van der Waals surface area contributed by atoms with Crippen LogP contribution in [0.3, 0.4) is 0 Å². The highest BCUT2D eigenvalue weighted by atomic mass is 32.1. The normalized spacial score (nSPS) is 11.0. The average Bonchev–Trinajstić information content (AvgIpc) is 3.26. The first kappa shape index (κ1) is 17.2. The SMILES string of the molecule is Cc1ccc(-c2nc(COC(=O)Cn3c(=O)oc4ccccc43)cs2)cc1. The maximum absolute atomic E-state index is 12.1. The number of oxazole rings is 1. The molecule has 0 atom stereocenters. The second-order valence-corrected chi connectivity index (χ2v) is 6.95. The predicted octanol–water partition coefficient (Wildman–Crippen LogP) is 3.77. The molecule has 2 heterocycles. The number of aromatic nitrogens is 2. The monoisotopic (exact) mass is 380 g/mol. The summed E-state index contributed by atoms with van der Waals surface area (Å²) in [6, 6.07) is 15.0. The van der Waals surface area contributed by atoms with Gasteiger partial charge in [0.15, 0.2) is 5.58 Å². The van der Waals surface area contributed by atoms with E-state index in [1.807, 2.05) is 36.6 Å². The number of thiazole rings is 1. The molecule has 4 aromatic rings. The van der Waals surface area contributed by atoms with E-state index in [4.69, 9.17) is 9.15 Å². The molecule has 0 bridgehead atoms. The molecule has 0 radical (unpaired) electrons. The van der Waals surface area contributed by atoms with Gasteiger partial charge >= 0.3 is 11.7 Å². The fourth-order valence-corrected chi connectivity index (χ4v) is 3.51. The number of fused-ring (bicyclic) bond motifs is 1. The zero-order valence-electron chi connectivity index (χ0n) is 14.5. The van der Waals surface area contributed by atoms with Crippen LogP contribution < -0.4 is 5.76 Å². The maximum Gasteiger partial charge on any atom is 0.420 e. The highest BCUT2D eigenvalue weighted by Gasteiger charge is 2.14. The fourth-order valence-electron chi connectivity index (χ4n) is 2.69. The second kappa shape index (κ2) is 7.20. The molecule has 6 nitrogen and oxygen atoms in total. The molecule has 2 aromatic heterocycles. The smallest absolute Gasteiger partial charge is 0.420 e. The number of benzene rings is 2. The van der Waals surface area contributed by atoms with Gasteiger partial charge in [0.05, 0.1) is 11.2 Å². The highest BCUT2D eigenvalue weighted by Crippen LogP contribution is 2.24. The van der Waals surface area contributed by atoms with Gasteiger partial charge in [-0.2, -0.15) is 0 Å². The van der Waals surface area contributed by atoms with Gasteiger partial charge in [0.2, 0.25) is 0 Å². The lowest BCUT2D eigenvalue weighted by molar-refractivity contribution is -0.145. The van der Waals surface area contributed by atoms with E-state index in [0.29, 0.717) is 16.8 Å².